The predicted molar refractivity (Wildman–Crippen MR) is 147 cm³/mol. The fourth-order valence-electron chi connectivity index (χ4n) is 6.27. The van der Waals surface area contributed by atoms with E-state index in [0.29, 0.717) is 47.4 Å². The first-order valence-corrected chi connectivity index (χ1v) is 14.5. The Morgan fingerprint density at radius 3 is 2.67 bits per heavy atom. The van der Waals surface area contributed by atoms with Crippen molar-refractivity contribution in [2.45, 2.75) is 51.2 Å². The zero-order valence-electron chi connectivity index (χ0n) is 22.6. The summed E-state index contributed by atoms with van der Waals surface area (Å²) < 4.78 is 22.8. The van der Waals surface area contributed by atoms with E-state index in [4.69, 9.17) is 18.6 Å². The van der Waals surface area contributed by atoms with E-state index in [0.717, 1.165) is 24.0 Å². The third-order valence-corrected chi connectivity index (χ3v) is 9.71. The molecule has 2 aromatic heterocycles. The number of carbonyl (C=O) groups excluding carboxylic acids is 3. The first-order valence-electron chi connectivity index (χ1n) is 13.7. The molecule has 40 heavy (non-hydrogen) atoms. The number of esters is 1. The number of rotatable bonds is 7. The molecular formula is C30H32N2O7S. The molecule has 6 rings (SSSR count). The number of aromatic nitrogens is 1. The SMILES string of the molecule is COC(=O)C1CCC2(C1)C(=O)c1c(sc(-c3ncco3)c1C)N(CC(OC1CCOCC1)c1ccccc1)C2=O. The standard InChI is InChI=1S/C30H32N2O7S/c1-18-23-25(33)30(11-8-20(16-30)28(34)36-2)29(35)32(27(23)40-24(18)26-31-12-15-38-26)17-22(19-6-4-3-5-7-19)39-21-9-13-37-14-10-21/h3-7,12,15,20-22H,8-11,13-14,16-17H2,1-2H3. The van der Waals surface area contributed by atoms with Crippen molar-refractivity contribution in [1.82, 2.24) is 4.98 Å². The quantitative estimate of drug-likeness (QED) is 0.287. The van der Waals surface area contributed by atoms with Crippen LogP contribution in [-0.2, 0) is 23.8 Å². The normalized spacial score (nSPS) is 23.9. The molecule has 1 saturated carbocycles. The Hall–Kier alpha value is -3.34. The van der Waals surface area contributed by atoms with Crippen molar-refractivity contribution in [2.24, 2.45) is 11.3 Å². The molecule has 0 bridgehead atoms. The second-order valence-electron chi connectivity index (χ2n) is 10.7. The Morgan fingerprint density at radius 2 is 1.98 bits per heavy atom. The topological polar surface area (TPSA) is 108 Å². The van der Waals surface area contributed by atoms with Crippen molar-refractivity contribution in [3.63, 3.8) is 0 Å². The van der Waals surface area contributed by atoms with Gasteiger partial charge in [0.05, 0.1) is 42.3 Å². The second kappa shape index (κ2) is 10.9. The van der Waals surface area contributed by atoms with Gasteiger partial charge in [0.1, 0.15) is 22.8 Å². The van der Waals surface area contributed by atoms with E-state index in [-0.39, 0.29) is 36.7 Å². The fraction of sp³-hybridized carbons (Fsp3) is 0.467. The van der Waals surface area contributed by atoms with Gasteiger partial charge in [-0.1, -0.05) is 30.3 Å². The number of amides is 1. The molecule has 1 aliphatic carbocycles. The lowest BCUT2D eigenvalue weighted by atomic mass is 9.74. The number of nitrogens with zero attached hydrogens (tertiary/aromatic N) is 2. The highest BCUT2D eigenvalue weighted by molar-refractivity contribution is 7.20. The molecule has 3 unspecified atom stereocenters. The number of oxazole rings is 1. The van der Waals surface area contributed by atoms with Crippen molar-refractivity contribution in [2.75, 3.05) is 31.8 Å². The number of anilines is 1. The van der Waals surface area contributed by atoms with Crippen molar-refractivity contribution < 1.29 is 33.0 Å². The number of Topliss-reactive ketones (excluding diaryl/α,β-unsaturated/α-hetero) is 1. The monoisotopic (exact) mass is 564 g/mol. The number of ketones is 1. The molecule has 4 heterocycles. The predicted octanol–water partition coefficient (Wildman–Crippen LogP) is 5.14. The lowest BCUT2D eigenvalue weighted by Crippen LogP contribution is -2.53. The molecule has 210 valence electrons. The van der Waals surface area contributed by atoms with Crippen molar-refractivity contribution in [3.8, 4) is 10.8 Å². The fourth-order valence-corrected chi connectivity index (χ4v) is 7.52. The molecule has 3 aliphatic rings. The van der Waals surface area contributed by atoms with Crippen molar-refractivity contribution in [1.29, 1.82) is 0 Å². The van der Waals surface area contributed by atoms with Crippen LogP contribution in [0.25, 0.3) is 10.8 Å². The first-order chi connectivity index (χ1) is 19.4. The maximum absolute atomic E-state index is 14.5. The third kappa shape index (κ3) is 4.57. The third-order valence-electron chi connectivity index (χ3n) is 8.41. The van der Waals surface area contributed by atoms with Gasteiger partial charge in [0.15, 0.2) is 5.78 Å². The Morgan fingerprint density at radius 1 is 1.20 bits per heavy atom. The van der Waals surface area contributed by atoms with Crippen LogP contribution >= 0.6 is 11.3 Å². The van der Waals surface area contributed by atoms with E-state index < -0.39 is 17.4 Å². The van der Waals surface area contributed by atoms with Crippen LogP contribution in [0.1, 0.15) is 59.7 Å². The summed E-state index contributed by atoms with van der Waals surface area (Å²) in [5.41, 5.74) is 0.855. The molecule has 0 radical (unpaired) electrons. The van der Waals surface area contributed by atoms with Gasteiger partial charge < -0.3 is 18.6 Å². The second-order valence-corrected chi connectivity index (χ2v) is 11.7. The number of methoxy groups -OCH3 is 1. The maximum atomic E-state index is 14.5. The highest BCUT2D eigenvalue weighted by Gasteiger charge is 2.59. The van der Waals surface area contributed by atoms with E-state index >= 15 is 0 Å². The number of fused-ring (bicyclic) bond motifs is 1. The number of hydrogen-bond donors (Lipinski definition) is 0. The first kappa shape index (κ1) is 26.9. The maximum Gasteiger partial charge on any atom is 0.308 e. The lowest BCUT2D eigenvalue weighted by molar-refractivity contribution is -0.145. The van der Waals surface area contributed by atoms with Crippen LogP contribution in [0.3, 0.4) is 0 Å². The van der Waals surface area contributed by atoms with Gasteiger partial charge >= 0.3 is 5.97 Å². The molecule has 0 N–H and O–H groups in total. The van der Waals surface area contributed by atoms with E-state index in [1.165, 1.54) is 24.7 Å². The molecule has 1 aromatic carbocycles. The Labute approximate surface area is 236 Å². The van der Waals surface area contributed by atoms with Crippen LogP contribution < -0.4 is 4.90 Å². The van der Waals surface area contributed by atoms with Gasteiger partial charge in [-0.25, -0.2) is 4.98 Å². The van der Waals surface area contributed by atoms with Gasteiger partial charge in [-0.2, -0.15) is 0 Å². The van der Waals surface area contributed by atoms with Gasteiger partial charge in [0.2, 0.25) is 11.8 Å². The minimum atomic E-state index is -1.33. The van der Waals surface area contributed by atoms with Gasteiger partial charge in [0.25, 0.3) is 0 Å². The van der Waals surface area contributed by atoms with Gasteiger partial charge in [0, 0.05) is 13.2 Å². The summed E-state index contributed by atoms with van der Waals surface area (Å²) in [7, 11) is 1.34. The number of benzene rings is 1. The van der Waals surface area contributed by atoms with E-state index in [1.54, 1.807) is 11.1 Å². The molecular weight excluding hydrogens is 532 g/mol. The number of ether oxygens (including phenoxy) is 3. The molecule has 3 aromatic rings. The Balaban J connectivity index is 1.43. The molecule has 1 spiro atoms. The summed E-state index contributed by atoms with van der Waals surface area (Å²) in [4.78, 5) is 48.0. The molecule has 1 saturated heterocycles. The summed E-state index contributed by atoms with van der Waals surface area (Å²) in [6.45, 7) is 3.37. The van der Waals surface area contributed by atoms with E-state index in [1.807, 2.05) is 37.3 Å². The van der Waals surface area contributed by atoms with Crippen LogP contribution in [0.15, 0.2) is 47.2 Å². The Kier molecular flexibility index (Phi) is 7.33. The van der Waals surface area contributed by atoms with Crippen LogP contribution in [0, 0.1) is 18.3 Å². The van der Waals surface area contributed by atoms with Gasteiger partial charge in [-0.3, -0.25) is 19.3 Å². The molecule has 2 fully saturated rings. The van der Waals surface area contributed by atoms with Crippen LogP contribution in [-0.4, -0.2) is 55.6 Å². The average Bonchev–Trinajstić information content (AvgIpc) is 3.74. The lowest BCUT2D eigenvalue weighted by Gasteiger charge is -2.40. The molecule has 2 aliphatic heterocycles. The number of carbonyl (C=O) groups is 3. The summed E-state index contributed by atoms with van der Waals surface area (Å²) in [5.74, 6) is -1.00. The van der Waals surface area contributed by atoms with Crippen LogP contribution in [0.4, 0.5) is 5.00 Å². The zero-order chi connectivity index (χ0) is 27.9. The number of thiophene rings is 1. The molecule has 3 atom stereocenters. The van der Waals surface area contributed by atoms with Gasteiger partial charge in [-0.15, -0.1) is 11.3 Å². The summed E-state index contributed by atoms with van der Waals surface area (Å²) >= 11 is 1.33. The molecule has 9 nitrogen and oxygen atoms in total. The molecule has 10 heteroatoms. The van der Waals surface area contributed by atoms with Crippen LogP contribution in [0.5, 0.6) is 0 Å². The summed E-state index contributed by atoms with van der Waals surface area (Å²) in [6.07, 6.45) is 5.03. The zero-order valence-corrected chi connectivity index (χ0v) is 23.4. The molecule has 1 amide bonds. The van der Waals surface area contributed by atoms with Crippen LogP contribution in [0.2, 0.25) is 0 Å². The van der Waals surface area contributed by atoms with E-state index in [2.05, 4.69) is 4.98 Å². The van der Waals surface area contributed by atoms with Gasteiger partial charge in [-0.05, 0) is 50.2 Å². The largest absolute Gasteiger partial charge is 0.469 e. The number of hydrogen-bond acceptors (Lipinski definition) is 9. The minimum absolute atomic E-state index is 0.00273. The van der Waals surface area contributed by atoms with Crippen molar-refractivity contribution >= 4 is 34.0 Å². The summed E-state index contributed by atoms with van der Waals surface area (Å²) in [6, 6.07) is 9.86. The average molecular weight is 565 g/mol. The summed E-state index contributed by atoms with van der Waals surface area (Å²) in [5, 5.41) is 0.573. The van der Waals surface area contributed by atoms with E-state index in [9.17, 15) is 14.4 Å². The highest BCUT2D eigenvalue weighted by atomic mass is 32.1. The smallest absolute Gasteiger partial charge is 0.308 e. The minimum Gasteiger partial charge on any atom is -0.469 e. The highest BCUT2D eigenvalue weighted by Crippen LogP contribution is 2.55. The Bertz CT molecular complexity index is 1400. The van der Waals surface area contributed by atoms with Crippen molar-refractivity contribution in [3.05, 3.63) is 59.5 Å².